The van der Waals surface area contributed by atoms with Crippen LogP contribution < -0.4 is 0 Å². The molecule has 6 heteroatoms. The molecule has 3 heterocycles. The second-order valence-corrected chi connectivity index (χ2v) is 7.30. The predicted octanol–water partition coefficient (Wildman–Crippen LogP) is 3.15. The molecule has 6 nitrogen and oxygen atoms in total. The summed E-state index contributed by atoms with van der Waals surface area (Å²) in [5.41, 5.74) is 1.55. The number of hydrogen-bond acceptors (Lipinski definition) is 6. The molecule has 1 aliphatic heterocycles. The third-order valence-corrected chi connectivity index (χ3v) is 5.43. The van der Waals surface area contributed by atoms with Crippen molar-refractivity contribution >= 4 is 17.1 Å². The van der Waals surface area contributed by atoms with Crippen LogP contribution in [0.25, 0.3) is 11.1 Å². The van der Waals surface area contributed by atoms with E-state index in [1.807, 2.05) is 6.92 Å². The number of carbonyl (C=O) groups excluding carboxylic acids is 1. The molecule has 1 saturated carbocycles. The fraction of sp³-hybridized carbons (Fsp3) is 0.611. The van der Waals surface area contributed by atoms with Gasteiger partial charge in [0.15, 0.2) is 0 Å². The maximum Gasteiger partial charge on any atom is 0.340 e. The quantitative estimate of drug-likeness (QED) is 0.805. The van der Waals surface area contributed by atoms with Crippen LogP contribution >= 0.6 is 0 Å². The third kappa shape index (κ3) is 2.24. The van der Waals surface area contributed by atoms with E-state index in [2.05, 4.69) is 24.0 Å². The van der Waals surface area contributed by atoms with Crippen LogP contribution in [0.5, 0.6) is 0 Å². The molecule has 2 aliphatic rings. The molecule has 0 N–H and O–H groups in total. The summed E-state index contributed by atoms with van der Waals surface area (Å²) in [6.45, 7) is 7.00. The lowest BCUT2D eigenvalue weighted by Crippen LogP contribution is -2.65. The fourth-order valence-electron chi connectivity index (χ4n) is 4.14. The highest BCUT2D eigenvalue weighted by Crippen LogP contribution is 2.53. The molecule has 3 atom stereocenters. The Labute approximate surface area is 140 Å². The molecule has 0 bridgehead atoms. The van der Waals surface area contributed by atoms with Gasteiger partial charge in [-0.1, -0.05) is 25.9 Å². The van der Waals surface area contributed by atoms with Crippen molar-refractivity contribution in [1.29, 1.82) is 0 Å². The minimum atomic E-state index is -0.338. The van der Waals surface area contributed by atoms with E-state index in [1.165, 1.54) is 6.20 Å². The number of pyridine rings is 1. The third-order valence-electron chi connectivity index (χ3n) is 5.43. The van der Waals surface area contributed by atoms with E-state index < -0.39 is 0 Å². The van der Waals surface area contributed by atoms with E-state index in [9.17, 15) is 4.79 Å². The first kappa shape index (κ1) is 15.6. The lowest BCUT2D eigenvalue weighted by Gasteiger charge is -2.58. The maximum absolute atomic E-state index is 12.6. The molecule has 0 amide bonds. The van der Waals surface area contributed by atoms with Gasteiger partial charge >= 0.3 is 5.97 Å². The average Bonchev–Trinajstić information content (AvgIpc) is 3.01. The SMILES string of the molecule is CCc1noc2ncc(C(=O)O[C@@H]3[C@@H]4CCCO[C@H]4C3(C)C)cc12. The van der Waals surface area contributed by atoms with Gasteiger partial charge in [-0.05, 0) is 25.3 Å². The highest BCUT2D eigenvalue weighted by atomic mass is 16.6. The standard InChI is InChI=1S/C18H22N2O4/c1-4-13-12-8-10(9-19-16(12)24-20-13)17(21)23-15-11-6-5-7-22-14(11)18(15,2)3/h8-9,11,14-15H,4-7H2,1-3H3/t11-,14-,15-/m1/s1. The van der Waals surface area contributed by atoms with Gasteiger partial charge in [0, 0.05) is 24.1 Å². The van der Waals surface area contributed by atoms with Crippen molar-refractivity contribution in [3.05, 3.63) is 23.5 Å². The number of aromatic nitrogens is 2. The summed E-state index contributed by atoms with van der Waals surface area (Å²) in [6, 6.07) is 1.76. The highest BCUT2D eigenvalue weighted by Gasteiger charge is 2.60. The Bertz CT molecular complexity index is 782. The van der Waals surface area contributed by atoms with E-state index in [0.29, 0.717) is 17.2 Å². The van der Waals surface area contributed by atoms with E-state index in [0.717, 1.165) is 36.9 Å². The van der Waals surface area contributed by atoms with Gasteiger partial charge in [-0.25, -0.2) is 9.78 Å². The topological polar surface area (TPSA) is 74.5 Å². The summed E-state index contributed by atoms with van der Waals surface area (Å²) in [5.74, 6) is -0.0362. The number of carbonyl (C=O) groups is 1. The Kier molecular flexibility index (Phi) is 3.60. The first-order valence-corrected chi connectivity index (χ1v) is 8.59. The van der Waals surface area contributed by atoms with Gasteiger partial charge in [-0.3, -0.25) is 0 Å². The van der Waals surface area contributed by atoms with E-state index in [-0.39, 0.29) is 23.6 Å². The number of hydrogen-bond donors (Lipinski definition) is 0. The van der Waals surface area contributed by atoms with Gasteiger partial charge in [-0.15, -0.1) is 0 Å². The zero-order valence-electron chi connectivity index (χ0n) is 14.2. The van der Waals surface area contributed by atoms with Gasteiger partial charge < -0.3 is 14.0 Å². The van der Waals surface area contributed by atoms with E-state index in [4.69, 9.17) is 14.0 Å². The molecule has 2 aromatic rings. The Balaban J connectivity index is 1.56. The van der Waals surface area contributed by atoms with Crippen LogP contribution in [0.15, 0.2) is 16.8 Å². The molecule has 2 fully saturated rings. The zero-order chi connectivity index (χ0) is 16.9. The highest BCUT2D eigenvalue weighted by molar-refractivity contribution is 5.93. The zero-order valence-corrected chi connectivity index (χ0v) is 14.2. The Morgan fingerprint density at radius 3 is 3.08 bits per heavy atom. The summed E-state index contributed by atoms with van der Waals surface area (Å²) < 4.78 is 16.9. The van der Waals surface area contributed by atoms with Crippen molar-refractivity contribution in [2.75, 3.05) is 6.61 Å². The Hall–Kier alpha value is -1.95. The predicted molar refractivity (Wildman–Crippen MR) is 86.6 cm³/mol. The summed E-state index contributed by atoms with van der Waals surface area (Å²) >= 11 is 0. The van der Waals surface area contributed by atoms with E-state index >= 15 is 0 Å². The Morgan fingerprint density at radius 2 is 2.29 bits per heavy atom. The molecule has 2 aromatic heterocycles. The normalized spacial score (nSPS) is 28.2. The lowest BCUT2D eigenvalue weighted by atomic mass is 9.57. The molecule has 0 radical (unpaired) electrons. The van der Waals surface area contributed by atoms with Crippen molar-refractivity contribution in [3.63, 3.8) is 0 Å². The minimum Gasteiger partial charge on any atom is -0.458 e. The van der Waals surface area contributed by atoms with Crippen molar-refractivity contribution in [3.8, 4) is 0 Å². The number of nitrogens with zero attached hydrogens (tertiary/aromatic N) is 2. The molecule has 0 unspecified atom stereocenters. The molecular formula is C18H22N2O4. The van der Waals surface area contributed by atoms with Gasteiger partial charge in [0.1, 0.15) is 6.10 Å². The molecule has 1 saturated heterocycles. The number of aryl methyl sites for hydroxylation is 1. The van der Waals surface area contributed by atoms with Gasteiger partial charge in [0.2, 0.25) is 0 Å². The lowest BCUT2D eigenvalue weighted by molar-refractivity contribution is -0.243. The van der Waals surface area contributed by atoms with Crippen LogP contribution in [-0.2, 0) is 15.9 Å². The van der Waals surface area contributed by atoms with Crippen LogP contribution in [-0.4, -0.2) is 34.9 Å². The molecule has 0 spiro atoms. The smallest absolute Gasteiger partial charge is 0.340 e. The monoisotopic (exact) mass is 330 g/mol. The van der Waals surface area contributed by atoms with Gasteiger partial charge in [0.05, 0.1) is 22.7 Å². The van der Waals surface area contributed by atoms with Crippen LogP contribution in [0.4, 0.5) is 0 Å². The van der Waals surface area contributed by atoms with Crippen molar-refractivity contribution < 1.29 is 18.8 Å². The Morgan fingerprint density at radius 1 is 1.46 bits per heavy atom. The van der Waals surface area contributed by atoms with Gasteiger partial charge in [0.25, 0.3) is 5.71 Å². The first-order valence-electron chi connectivity index (χ1n) is 8.59. The van der Waals surface area contributed by atoms with E-state index in [1.54, 1.807) is 6.07 Å². The molecule has 0 aromatic carbocycles. The number of rotatable bonds is 3. The van der Waals surface area contributed by atoms with Crippen molar-refractivity contribution in [2.45, 2.75) is 52.2 Å². The van der Waals surface area contributed by atoms with Crippen LogP contribution in [0.1, 0.15) is 49.7 Å². The van der Waals surface area contributed by atoms with Crippen LogP contribution in [0.3, 0.4) is 0 Å². The summed E-state index contributed by atoms with van der Waals surface area (Å²) in [6.07, 6.45) is 4.38. The molecule has 1 aliphatic carbocycles. The molecular weight excluding hydrogens is 308 g/mol. The van der Waals surface area contributed by atoms with Crippen LogP contribution in [0, 0.1) is 11.3 Å². The number of ether oxygens (including phenoxy) is 2. The summed E-state index contributed by atoms with van der Waals surface area (Å²) in [7, 11) is 0. The van der Waals surface area contributed by atoms with Crippen molar-refractivity contribution in [1.82, 2.24) is 10.1 Å². The van der Waals surface area contributed by atoms with Crippen LogP contribution in [0.2, 0.25) is 0 Å². The fourth-order valence-corrected chi connectivity index (χ4v) is 4.14. The second-order valence-electron chi connectivity index (χ2n) is 7.30. The summed E-state index contributed by atoms with van der Waals surface area (Å²) in [5, 5.41) is 4.75. The molecule has 128 valence electrons. The average molecular weight is 330 g/mol. The number of esters is 1. The first-order chi connectivity index (χ1) is 11.5. The maximum atomic E-state index is 12.6. The second kappa shape index (κ2) is 5.55. The largest absolute Gasteiger partial charge is 0.458 e. The molecule has 4 rings (SSSR count). The number of fused-ring (bicyclic) bond motifs is 2. The summed E-state index contributed by atoms with van der Waals surface area (Å²) in [4.78, 5) is 16.8. The van der Waals surface area contributed by atoms with Crippen molar-refractivity contribution in [2.24, 2.45) is 11.3 Å². The minimum absolute atomic E-state index is 0.112. The molecule has 24 heavy (non-hydrogen) atoms. The van der Waals surface area contributed by atoms with Gasteiger partial charge in [-0.2, -0.15) is 0 Å².